The van der Waals surface area contributed by atoms with Crippen LogP contribution in [0, 0.1) is 5.92 Å². The van der Waals surface area contributed by atoms with Gasteiger partial charge in [-0.25, -0.2) is 0 Å². The van der Waals surface area contributed by atoms with Gasteiger partial charge in [0.15, 0.2) is 5.56 Å². The van der Waals surface area contributed by atoms with Crippen LogP contribution in [0.1, 0.15) is 42.6 Å². The molecule has 2 aromatic rings. The molecular weight excluding hydrogens is 300 g/mol. The van der Waals surface area contributed by atoms with Crippen molar-refractivity contribution in [2.75, 3.05) is 0 Å². The number of rotatable bonds is 5. The third-order valence-electron chi connectivity index (χ3n) is 3.81. The van der Waals surface area contributed by atoms with Crippen molar-refractivity contribution < 1.29 is 15.0 Å². The molecule has 8 nitrogen and oxygen atoms in total. The minimum absolute atomic E-state index is 0.0705. The Balaban J connectivity index is 2.24. The molecule has 1 amide bonds. The van der Waals surface area contributed by atoms with E-state index in [0.717, 1.165) is 17.4 Å². The minimum atomic E-state index is -0.588. The standard InChI is InChI=1S/C15H20N4O4/c1-8(2)6-18-13-9(7-20)5-16-19(13)15(23)11(14(18)22)12(21)17-10-3-4-10/h5,8,10,20,23H,3-4,6-7H2,1-2H3,(H,17,21). The number of hydrogen-bond acceptors (Lipinski definition) is 5. The van der Waals surface area contributed by atoms with Gasteiger partial charge in [0.1, 0.15) is 5.65 Å². The molecule has 8 heteroatoms. The van der Waals surface area contributed by atoms with Crippen LogP contribution in [-0.2, 0) is 13.2 Å². The highest BCUT2D eigenvalue weighted by atomic mass is 16.3. The summed E-state index contributed by atoms with van der Waals surface area (Å²) in [5.41, 5.74) is -0.145. The summed E-state index contributed by atoms with van der Waals surface area (Å²) in [5, 5.41) is 26.5. The van der Waals surface area contributed by atoms with E-state index in [0.29, 0.717) is 17.8 Å². The molecule has 0 bridgehead atoms. The van der Waals surface area contributed by atoms with Crippen molar-refractivity contribution in [1.29, 1.82) is 0 Å². The number of amides is 1. The molecule has 1 aliphatic rings. The zero-order valence-electron chi connectivity index (χ0n) is 13.1. The van der Waals surface area contributed by atoms with E-state index in [9.17, 15) is 19.8 Å². The summed E-state index contributed by atoms with van der Waals surface area (Å²) < 4.78 is 2.53. The van der Waals surface area contributed by atoms with Gasteiger partial charge in [0.2, 0.25) is 5.88 Å². The van der Waals surface area contributed by atoms with Gasteiger partial charge >= 0.3 is 0 Å². The summed E-state index contributed by atoms with van der Waals surface area (Å²) in [6.07, 6.45) is 3.14. The first kappa shape index (κ1) is 15.5. The third-order valence-corrected chi connectivity index (χ3v) is 3.81. The Hall–Kier alpha value is -2.35. The van der Waals surface area contributed by atoms with Crippen molar-refractivity contribution in [3.8, 4) is 5.88 Å². The second-order valence-corrected chi connectivity index (χ2v) is 6.32. The van der Waals surface area contributed by atoms with Gasteiger partial charge in [-0.1, -0.05) is 13.8 Å². The molecule has 23 heavy (non-hydrogen) atoms. The van der Waals surface area contributed by atoms with Crippen LogP contribution in [0.4, 0.5) is 0 Å². The lowest BCUT2D eigenvalue weighted by Gasteiger charge is -2.15. The first-order valence-electron chi connectivity index (χ1n) is 7.68. The second-order valence-electron chi connectivity index (χ2n) is 6.32. The maximum absolute atomic E-state index is 12.8. The van der Waals surface area contributed by atoms with Crippen LogP contribution in [0.2, 0.25) is 0 Å². The lowest BCUT2D eigenvalue weighted by molar-refractivity contribution is 0.0944. The van der Waals surface area contributed by atoms with Crippen LogP contribution >= 0.6 is 0 Å². The molecule has 0 saturated heterocycles. The summed E-state index contributed by atoms with van der Waals surface area (Å²) >= 11 is 0. The smallest absolute Gasteiger partial charge is 0.270 e. The van der Waals surface area contributed by atoms with Gasteiger partial charge < -0.3 is 15.5 Å². The van der Waals surface area contributed by atoms with Gasteiger partial charge in [0.25, 0.3) is 11.5 Å². The number of nitrogens with one attached hydrogen (secondary N) is 1. The predicted molar refractivity (Wildman–Crippen MR) is 82.4 cm³/mol. The molecule has 3 rings (SSSR count). The largest absolute Gasteiger partial charge is 0.492 e. The van der Waals surface area contributed by atoms with E-state index in [1.807, 2.05) is 13.8 Å². The third kappa shape index (κ3) is 2.70. The number of nitrogens with zero attached hydrogens (tertiary/aromatic N) is 3. The zero-order valence-corrected chi connectivity index (χ0v) is 13.1. The molecular formula is C15H20N4O4. The van der Waals surface area contributed by atoms with Crippen LogP contribution in [0.15, 0.2) is 11.0 Å². The van der Waals surface area contributed by atoms with Crippen molar-refractivity contribution in [2.24, 2.45) is 5.92 Å². The number of aromatic nitrogens is 3. The summed E-state index contributed by atoms with van der Waals surface area (Å²) in [4.78, 5) is 25.1. The molecule has 0 aromatic carbocycles. The van der Waals surface area contributed by atoms with E-state index in [1.54, 1.807) is 0 Å². The average Bonchev–Trinajstić information content (AvgIpc) is 3.18. The number of carbonyl (C=O) groups excluding carboxylic acids is 1. The Kier molecular flexibility index (Phi) is 3.85. The zero-order chi connectivity index (χ0) is 16.7. The maximum Gasteiger partial charge on any atom is 0.270 e. The first-order valence-corrected chi connectivity index (χ1v) is 7.68. The Morgan fingerprint density at radius 1 is 1.48 bits per heavy atom. The number of hydrogen-bond donors (Lipinski definition) is 3. The molecule has 1 aliphatic carbocycles. The Labute approximate surface area is 132 Å². The van der Waals surface area contributed by atoms with E-state index in [4.69, 9.17) is 0 Å². The van der Waals surface area contributed by atoms with Gasteiger partial charge in [0, 0.05) is 18.2 Å². The van der Waals surface area contributed by atoms with Crippen LogP contribution in [0.3, 0.4) is 0 Å². The lowest BCUT2D eigenvalue weighted by Crippen LogP contribution is -2.36. The first-order chi connectivity index (χ1) is 10.9. The van der Waals surface area contributed by atoms with Crippen LogP contribution < -0.4 is 10.9 Å². The topological polar surface area (TPSA) is 109 Å². The normalized spacial score (nSPS) is 14.6. The molecule has 2 aromatic heterocycles. The van der Waals surface area contributed by atoms with E-state index in [2.05, 4.69) is 10.4 Å². The van der Waals surface area contributed by atoms with Gasteiger partial charge in [-0.05, 0) is 18.8 Å². The van der Waals surface area contributed by atoms with Crippen LogP contribution in [-0.4, -0.2) is 36.3 Å². The van der Waals surface area contributed by atoms with Crippen LogP contribution in [0.25, 0.3) is 5.65 Å². The molecule has 0 radical (unpaired) electrons. The SMILES string of the molecule is CC(C)Cn1c(=O)c(C(=O)NC2CC2)c(O)n2ncc(CO)c12. The van der Waals surface area contributed by atoms with Crippen LogP contribution in [0.5, 0.6) is 5.88 Å². The molecule has 0 aliphatic heterocycles. The highest BCUT2D eigenvalue weighted by Crippen LogP contribution is 2.23. The summed E-state index contributed by atoms with van der Waals surface area (Å²) in [6, 6.07) is 0.0705. The fourth-order valence-corrected chi connectivity index (χ4v) is 2.58. The Morgan fingerprint density at radius 3 is 2.74 bits per heavy atom. The summed E-state index contributed by atoms with van der Waals surface area (Å²) in [7, 11) is 0. The highest BCUT2D eigenvalue weighted by molar-refractivity contribution is 5.96. The number of aliphatic hydroxyl groups is 1. The highest BCUT2D eigenvalue weighted by Gasteiger charge is 2.29. The number of aliphatic hydroxyl groups excluding tert-OH is 1. The molecule has 0 atom stereocenters. The Bertz CT molecular complexity index is 817. The van der Waals surface area contributed by atoms with E-state index < -0.39 is 17.3 Å². The average molecular weight is 320 g/mol. The van der Waals surface area contributed by atoms with E-state index >= 15 is 0 Å². The molecule has 2 heterocycles. The number of carbonyl (C=O) groups is 1. The summed E-state index contributed by atoms with van der Waals surface area (Å²) in [5.74, 6) is -0.944. The quantitative estimate of drug-likeness (QED) is 0.731. The fourth-order valence-electron chi connectivity index (χ4n) is 2.58. The van der Waals surface area contributed by atoms with Crippen molar-refractivity contribution >= 4 is 11.6 Å². The van der Waals surface area contributed by atoms with Gasteiger partial charge in [-0.15, -0.1) is 0 Å². The molecule has 124 valence electrons. The Morgan fingerprint density at radius 2 is 2.17 bits per heavy atom. The van der Waals surface area contributed by atoms with Crippen molar-refractivity contribution in [3.63, 3.8) is 0 Å². The monoisotopic (exact) mass is 320 g/mol. The van der Waals surface area contributed by atoms with Crippen molar-refractivity contribution in [1.82, 2.24) is 19.5 Å². The molecule has 1 saturated carbocycles. The molecule has 1 fully saturated rings. The molecule has 3 N–H and O–H groups in total. The van der Waals surface area contributed by atoms with Crippen molar-refractivity contribution in [3.05, 3.63) is 27.7 Å². The molecule has 0 spiro atoms. The fraction of sp³-hybridized carbons (Fsp3) is 0.533. The van der Waals surface area contributed by atoms with Gasteiger partial charge in [-0.3, -0.25) is 14.2 Å². The summed E-state index contributed by atoms with van der Waals surface area (Å²) in [6.45, 7) is 3.92. The molecule has 0 unspecified atom stereocenters. The minimum Gasteiger partial charge on any atom is -0.492 e. The lowest BCUT2D eigenvalue weighted by atomic mass is 10.2. The number of fused-ring (bicyclic) bond motifs is 1. The van der Waals surface area contributed by atoms with Gasteiger partial charge in [-0.2, -0.15) is 9.61 Å². The van der Waals surface area contributed by atoms with E-state index in [1.165, 1.54) is 10.8 Å². The van der Waals surface area contributed by atoms with Gasteiger partial charge in [0.05, 0.1) is 12.8 Å². The number of aromatic hydroxyl groups is 1. The van der Waals surface area contributed by atoms with E-state index in [-0.39, 0.29) is 24.1 Å². The predicted octanol–water partition coefficient (Wildman–Crippen LogP) is 0.242. The van der Waals surface area contributed by atoms with Crippen molar-refractivity contribution in [2.45, 2.75) is 45.9 Å². The maximum atomic E-state index is 12.8. The second kappa shape index (κ2) is 5.69.